The molecule has 3 N–H and O–H groups in total. The molecule has 40 heavy (non-hydrogen) atoms. The molecular weight excluding hydrogens is 498 g/mol. The monoisotopic (exact) mass is 537 g/mol. The predicted octanol–water partition coefficient (Wildman–Crippen LogP) is 5.13. The number of aromatic nitrogens is 2. The highest BCUT2D eigenvalue weighted by atomic mass is 16.3. The first kappa shape index (κ1) is 27.6. The molecule has 1 amide bonds. The van der Waals surface area contributed by atoms with Gasteiger partial charge in [0.2, 0.25) is 0 Å². The van der Waals surface area contributed by atoms with Crippen molar-refractivity contribution in [2.45, 2.75) is 44.8 Å². The number of fused-ring (bicyclic) bond motifs is 1. The SMILES string of the molecule is C=C1C(C(=O)N(C)CC2=CC(C)C(C(=C)c3c(N)ncnc3N(C)C3CCC(O)CC3)C=C2)=Cc2ccccc21. The molecule has 5 rings (SSSR count). The van der Waals surface area contributed by atoms with E-state index < -0.39 is 0 Å². The maximum atomic E-state index is 13.3. The van der Waals surface area contributed by atoms with Gasteiger partial charge in [0, 0.05) is 38.2 Å². The summed E-state index contributed by atoms with van der Waals surface area (Å²) in [5.41, 5.74) is 12.6. The summed E-state index contributed by atoms with van der Waals surface area (Å²) >= 11 is 0. The summed E-state index contributed by atoms with van der Waals surface area (Å²) in [4.78, 5) is 26.1. The third-order valence-electron chi connectivity index (χ3n) is 8.60. The van der Waals surface area contributed by atoms with Crippen molar-refractivity contribution in [2.75, 3.05) is 31.3 Å². The molecule has 0 radical (unpaired) electrons. The topological polar surface area (TPSA) is 95.6 Å². The Kier molecular flexibility index (Phi) is 7.76. The lowest BCUT2D eigenvalue weighted by molar-refractivity contribution is -0.124. The summed E-state index contributed by atoms with van der Waals surface area (Å²) in [7, 11) is 3.87. The Hall–Kier alpha value is -3.97. The first-order valence-corrected chi connectivity index (χ1v) is 14.0. The molecule has 3 aliphatic carbocycles. The number of carbonyl (C=O) groups is 1. The second-order valence-corrected chi connectivity index (χ2v) is 11.3. The van der Waals surface area contributed by atoms with Crippen molar-refractivity contribution < 1.29 is 9.90 Å². The Balaban J connectivity index is 1.28. The summed E-state index contributed by atoms with van der Waals surface area (Å²) in [5.74, 6) is 1.33. The van der Waals surface area contributed by atoms with E-state index >= 15 is 0 Å². The van der Waals surface area contributed by atoms with Crippen LogP contribution in [0, 0.1) is 11.8 Å². The zero-order valence-corrected chi connectivity index (χ0v) is 23.7. The fraction of sp³-hybridized carbons (Fsp3) is 0.364. The molecule has 208 valence electrons. The van der Waals surface area contributed by atoms with Gasteiger partial charge < -0.3 is 20.6 Å². The van der Waals surface area contributed by atoms with Gasteiger partial charge in [-0.25, -0.2) is 9.97 Å². The van der Waals surface area contributed by atoms with Crippen LogP contribution in [-0.2, 0) is 4.79 Å². The minimum absolute atomic E-state index is 0.0187. The molecule has 7 nitrogen and oxygen atoms in total. The average Bonchev–Trinajstić information content (AvgIpc) is 3.28. The predicted molar refractivity (Wildman–Crippen MR) is 163 cm³/mol. The minimum Gasteiger partial charge on any atom is -0.393 e. The molecule has 0 saturated heterocycles. The average molecular weight is 538 g/mol. The summed E-state index contributed by atoms with van der Waals surface area (Å²) in [6.07, 6.45) is 13.0. The number of likely N-dealkylation sites (N-methyl/N-ethyl adjacent to an activating group) is 1. The highest BCUT2D eigenvalue weighted by Crippen LogP contribution is 2.40. The highest BCUT2D eigenvalue weighted by Gasteiger charge is 2.30. The number of aliphatic hydroxyl groups excluding tert-OH is 1. The normalized spacial score (nSPS) is 23.8. The molecule has 0 spiro atoms. The number of carbonyl (C=O) groups excluding carboxylic acids is 1. The maximum absolute atomic E-state index is 13.3. The lowest BCUT2D eigenvalue weighted by Gasteiger charge is -2.36. The number of nitrogens with two attached hydrogens (primary N) is 1. The summed E-state index contributed by atoms with van der Waals surface area (Å²) in [6, 6.07) is 8.23. The Bertz CT molecular complexity index is 1430. The van der Waals surface area contributed by atoms with Gasteiger partial charge in [-0.05, 0) is 65.5 Å². The number of aliphatic hydroxyl groups is 1. The van der Waals surface area contributed by atoms with Crippen molar-refractivity contribution in [1.29, 1.82) is 0 Å². The van der Waals surface area contributed by atoms with E-state index in [0.29, 0.717) is 17.9 Å². The van der Waals surface area contributed by atoms with E-state index in [9.17, 15) is 9.90 Å². The van der Waals surface area contributed by atoms with Gasteiger partial charge in [0.1, 0.15) is 18.0 Å². The second kappa shape index (κ2) is 11.3. The van der Waals surface area contributed by atoms with Gasteiger partial charge in [-0.2, -0.15) is 0 Å². The number of hydrogen-bond donors (Lipinski definition) is 2. The fourth-order valence-corrected chi connectivity index (χ4v) is 6.22. The number of allylic oxidation sites excluding steroid dienone is 3. The Morgan fingerprint density at radius 2 is 1.88 bits per heavy atom. The highest BCUT2D eigenvalue weighted by molar-refractivity contribution is 6.16. The Morgan fingerprint density at radius 1 is 1.15 bits per heavy atom. The summed E-state index contributed by atoms with van der Waals surface area (Å²) in [6.45, 7) is 11.3. The number of rotatable bonds is 7. The van der Waals surface area contributed by atoms with Crippen molar-refractivity contribution in [3.63, 3.8) is 0 Å². The van der Waals surface area contributed by atoms with Gasteiger partial charge in [-0.15, -0.1) is 0 Å². The van der Waals surface area contributed by atoms with Crippen LogP contribution in [0.15, 0.2) is 73.1 Å². The lowest BCUT2D eigenvalue weighted by Crippen LogP contribution is -2.37. The molecular formula is C33H39N5O2. The van der Waals surface area contributed by atoms with Crippen molar-refractivity contribution in [1.82, 2.24) is 14.9 Å². The molecule has 1 aromatic carbocycles. The van der Waals surface area contributed by atoms with Crippen LogP contribution in [-0.4, -0.2) is 58.7 Å². The largest absolute Gasteiger partial charge is 0.393 e. The summed E-state index contributed by atoms with van der Waals surface area (Å²) < 4.78 is 0. The second-order valence-electron chi connectivity index (χ2n) is 11.3. The smallest absolute Gasteiger partial charge is 0.254 e. The Labute approximate surface area is 237 Å². The fourth-order valence-electron chi connectivity index (χ4n) is 6.22. The molecule has 2 atom stereocenters. The van der Waals surface area contributed by atoms with E-state index in [1.54, 1.807) is 4.90 Å². The van der Waals surface area contributed by atoms with Crippen molar-refractivity contribution in [3.8, 4) is 0 Å². The molecule has 1 heterocycles. The molecule has 1 fully saturated rings. The van der Waals surface area contributed by atoms with Crippen LogP contribution in [0.3, 0.4) is 0 Å². The van der Waals surface area contributed by atoms with Gasteiger partial charge in [0.15, 0.2) is 0 Å². The number of hydrogen-bond acceptors (Lipinski definition) is 6. The molecule has 2 aromatic rings. The standard InChI is InChI=1S/C33H39N5O2/c1-20-16-23(18-37(4)33(40)29-17-24-8-6-7-9-28(24)21(29)2)10-15-27(20)22(3)30-31(34)35-19-36-32(30)38(5)25-11-13-26(39)14-12-25/h6-10,15-17,19-20,25-27,39H,2-3,11-14,18H2,1,4-5H3,(H2,34,35,36). The Morgan fingerprint density at radius 3 is 2.58 bits per heavy atom. The zero-order valence-electron chi connectivity index (χ0n) is 23.7. The van der Waals surface area contributed by atoms with Crippen molar-refractivity contribution >= 4 is 34.8 Å². The molecule has 7 heteroatoms. The van der Waals surface area contributed by atoms with Crippen LogP contribution in [0.5, 0.6) is 0 Å². The molecule has 3 aliphatic rings. The van der Waals surface area contributed by atoms with Gasteiger partial charge in [-0.3, -0.25) is 4.79 Å². The lowest BCUT2D eigenvalue weighted by atomic mass is 9.80. The van der Waals surface area contributed by atoms with Crippen LogP contribution < -0.4 is 10.6 Å². The molecule has 1 saturated carbocycles. The number of anilines is 2. The van der Waals surface area contributed by atoms with Gasteiger partial charge in [0.05, 0.1) is 11.7 Å². The first-order valence-electron chi connectivity index (χ1n) is 14.0. The number of nitrogen functional groups attached to an aromatic ring is 1. The van der Waals surface area contributed by atoms with Crippen LogP contribution in [0.2, 0.25) is 0 Å². The summed E-state index contributed by atoms with van der Waals surface area (Å²) in [5, 5.41) is 9.96. The number of amides is 1. The van der Waals surface area contributed by atoms with Gasteiger partial charge in [-0.1, -0.05) is 62.6 Å². The molecule has 2 unspecified atom stereocenters. The van der Waals surface area contributed by atoms with Crippen molar-refractivity contribution in [2.24, 2.45) is 11.8 Å². The van der Waals surface area contributed by atoms with Crippen LogP contribution in [0.1, 0.15) is 49.3 Å². The van der Waals surface area contributed by atoms with Crippen LogP contribution >= 0.6 is 0 Å². The minimum atomic E-state index is -0.219. The maximum Gasteiger partial charge on any atom is 0.254 e. The first-order chi connectivity index (χ1) is 19.2. The molecule has 1 aromatic heterocycles. The van der Waals surface area contributed by atoms with E-state index in [-0.39, 0.29) is 29.9 Å². The van der Waals surface area contributed by atoms with Crippen LogP contribution in [0.25, 0.3) is 17.2 Å². The zero-order chi connectivity index (χ0) is 28.6. The van der Waals surface area contributed by atoms with E-state index in [1.165, 1.54) is 6.33 Å². The number of nitrogens with zero attached hydrogens (tertiary/aromatic N) is 4. The van der Waals surface area contributed by atoms with E-state index in [0.717, 1.165) is 64.9 Å². The quantitative estimate of drug-likeness (QED) is 0.509. The third-order valence-corrected chi connectivity index (χ3v) is 8.60. The molecule has 0 bridgehead atoms. The number of benzene rings is 1. The van der Waals surface area contributed by atoms with Gasteiger partial charge in [0.25, 0.3) is 5.91 Å². The van der Waals surface area contributed by atoms with E-state index in [4.69, 9.17) is 5.73 Å². The van der Waals surface area contributed by atoms with Crippen LogP contribution in [0.4, 0.5) is 11.6 Å². The van der Waals surface area contributed by atoms with E-state index in [2.05, 4.69) is 53.2 Å². The third kappa shape index (κ3) is 5.26. The molecule has 0 aliphatic heterocycles. The van der Waals surface area contributed by atoms with Crippen molar-refractivity contribution in [3.05, 3.63) is 89.8 Å². The van der Waals surface area contributed by atoms with Gasteiger partial charge >= 0.3 is 0 Å². The van der Waals surface area contributed by atoms with E-state index in [1.807, 2.05) is 44.4 Å².